The lowest BCUT2D eigenvalue weighted by atomic mass is 10.1. The van der Waals surface area contributed by atoms with Crippen LogP contribution in [0.5, 0.6) is 11.5 Å². The maximum absolute atomic E-state index is 12.9. The van der Waals surface area contributed by atoms with E-state index < -0.39 is 0 Å². The van der Waals surface area contributed by atoms with Crippen molar-refractivity contribution in [1.29, 1.82) is 0 Å². The van der Waals surface area contributed by atoms with Crippen molar-refractivity contribution in [3.8, 4) is 11.5 Å². The van der Waals surface area contributed by atoms with Crippen LogP contribution >= 0.6 is 0 Å². The normalized spacial score (nSPS) is 13.1. The molecule has 0 aromatic heterocycles. The van der Waals surface area contributed by atoms with Crippen molar-refractivity contribution in [2.75, 3.05) is 11.4 Å². The van der Waals surface area contributed by atoms with Crippen molar-refractivity contribution in [1.82, 2.24) is 0 Å². The maximum atomic E-state index is 12.9. The van der Waals surface area contributed by atoms with E-state index in [4.69, 9.17) is 4.74 Å². The van der Waals surface area contributed by atoms with E-state index in [1.54, 1.807) is 0 Å². The van der Waals surface area contributed by atoms with Gasteiger partial charge >= 0.3 is 0 Å². The monoisotopic (exact) mass is 297 g/mol. The van der Waals surface area contributed by atoms with Crippen molar-refractivity contribution in [3.05, 3.63) is 54.1 Å². The van der Waals surface area contributed by atoms with Crippen LogP contribution in [0.15, 0.2) is 48.5 Å². The molecule has 0 saturated carbocycles. The zero-order valence-corrected chi connectivity index (χ0v) is 12.9. The Morgan fingerprint density at radius 1 is 0.955 bits per heavy atom. The van der Waals surface area contributed by atoms with Gasteiger partial charge in [-0.15, -0.1) is 0 Å². The van der Waals surface area contributed by atoms with Crippen LogP contribution in [0, 0.1) is 0 Å². The molecule has 2 aromatic carbocycles. The number of para-hydroxylation sites is 3. The summed E-state index contributed by atoms with van der Waals surface area (Å²) in [7, 11) is 0. The van der Waals surface area contributed by atoms with Gasteiger partial charge in [-0.3, -0.25) is 4.79 Å². The fourth-order valence-corrected chi connectivity index (χ4v) is 2.79. The highest BCUT2D eigenvalue weighted by Crippen LogP contribution is 2.38. The second-order valence-electron chi connectivity index (χ2n) is 5.58. The summed E-state index contributed by atoms with van der Waals surface area (Å²) in [6.45, 7) is 2.92. The lowest BCUT2D eigenvalue weighted by molar-refractivity contribution is 0.0986. The summed E-state index contributed by atoms with van der Waals surface area (Å²) in [6, 6.07) is 15.2. The van der Waals surface area contributed by atoms with Gasteiger partial charge in [0.05, 0.1) is 11.3 Å². The summed E-state index contributed by atoms with van der Waals surface area (Å²) in [4.78, 5) is 14.8. The molecule has 22 heavy (non-hydrogen) atoms. The Balaban J connectivity index is 0.00000192. The molecule has 0 bridgehead atoms. The van der Waals surface area contributed by atoms with Gasteiger partial charge < -0.3 is 9.64 Å². The first-order chi connectivity index (χ1) is 10.8. The van der Waals surface area contributed by atoms with Gasteiger partial charge in [0.15, 0.2) is 5.75 Å². The molecule has 0 radical (unpaired) electrons. The minimum Gasteiger partial charge on any atom is -0.454 e. The van der Waals surface area contributed by atoms with E-state index in [1.807, 2.05) is 53.4 Å². The van der Waals surface area contributed by atoms with E-state index in [0.29, 0.717) is 11.3 Å². The van der Waals surface area contributed by atoms with Gasteiger partial charge in [-0.25, -0.2) is 0 Å². The van der Waals surface area contributed by atoms with Crippen LogP contribution < -0.4 is 9.64 Å². The van der Waals surface area contributed by atoms with Gasteiger partial charge in [0.25, 0.3) is 5.91 Å². The Hall–Kier alpha value is -2.29. The van der Waals surface area contributed by atoms with Crippen LogP contribution in [0.1, 0.15) is 44.4 Å². The van der Waals surface area contributed by atoms with E-state index in [1.165, 1.54) is 12.8 Å². The van der Waals surface area contributed by atoms with Crippen molar-refractivity contribution in [3.63, 3.8) is 0 Å². The van der Waals surface area contributed by atoms with Gasteiger partial charge in [-0.1, -0.05) is 50.5 Å². The minimum atomic E-state index is 0. The van der Waals surface area contributed by atoms with Crippen LogP contribution in [0.3, 0.4) is 0 Å². The summed E-state index contributed by atoms with van der Waals surface area (Å²) in [5.74, 6) is 1.41. The molecule has 1 aliphatic rings. The van der Waals surface area contributed by atoms with Gasteiger partial charge in [-0.2, -0.15) is 0 Å². The zero-order chi connectivity index (χ0) is 15.4. The molecular formula is C19H23NO2. The summed E-state index contributed by atoms with van der Waals surface area (Å²) < 4.78 is 5.97. The van der Waals surface area contributed by atoms with Crippen LogP contribution in [0.2, 0.25) is 0 Å². The largest absolute Gasteiger partial charge is 0.454 e. The molecule has 3 heteroatoms. The predicted molar refractivity (Wildman–Crippen MR) is 90.9 cm³/mol. The van der Waals surface area contributed by atoms with Crippen LogP contribution in [0.25, 0.3) is 0 Å². The second-order valence-corrected chi connectivity index (χ2v) is 5.58. The molecule has 0 atom stereocenters. The number of benzene rings is 2. The molecule has 1 amide bonds. The molecule has 3 nitrogen and oxygen atoms in total. The minimum absolute atomic E-state index is 0. The quantitative estimate of drug-likeness (QED) is 0.704. The number of rotatable bonds is 5. The lowest BCUT2D eigenvalue weighted by Crippen LogP contribution is -2.31. The van der Waals surface area contributed by atoms with Gasteiger partial charge in [0.1, 0.15) is 5.75 Å². The molecule has 1 heterocycles. The number of amides is 1. The highest BCUT2D eigenvalue weighted by Gasteiger charge is 2.27. The van der Waals surface area contributed by atoms with Crippen molar-refractivity contribution in [2.24, 2.45) is 0 Å². The fraction of sp³-hybridized carbons (Fsp3) is 0.316. The highest BCUT2D eigenvalue weighted by atomic mass is 16.5. The standard InChI is InChI=1S/C19H21NO2.H2/c1-2-3-4-9-14-20-16-11-6-8-13-18(16)22-17-12-7-5-10-15(17)19(20)21;/h5-8,10-13H,2-4,9,14H2,1H3;1H. The van der Waals surface area contributed by atoms with Gasteiger partial charge in [0, 0.05) is 7.97 Å². The van der Waals surface area contributed by atoms with Crippen LogP contribution in [-0.4, -0.2) is 12.5 Å². The van der Waals surface area contributed by atoms with E-state index >= 15 is 0 Å². The highest BCUT2D eigenvalue weighted by molar-refractivity contribution is 6.09. The summed E-state index contributed by atoms with van der Waals surface area (Å²) in [6.07, 6.45) is 4.55. The third-order valence-electron chi connectivity index (χ3n) is 3.97. The fourth-order valence-electron chi connectivity index (χ4n) is 2.79. The summed E-state index contributed by atoms with van der Waals surface area (Å²) >= 11 is 0. The molecule has 0 N–H and O–H groups in total. The molecule has 2 aromatic rings. The molecular weight excluding hydrogens is 274 g/mol. The molecule has 1 aliphatic heterocycles. The topological polar surface area (TPSA) is 29.5 Å². The van der Waals surface area contributed by atoms with E-state index in [2.05, 4.69) is 6.92 Å². The molecule has 0 spiro atoms. The van der Waals surface area contributed by atoms with Gasteiger partial charge in [0.2, 0.25) is 0 Å². The Morgan fingerprint density at radius 3 is 2.50 bits per heavy atom. The number of carbonyl (C=O) groups is 1. The van der Waals surface area contributed by atoms with E-state index in [-0.39, 0.29) is 7.33 Å². The smallest absolute Gasteiger partial charge is 0.262 e. The van der Waals surface area contributed by atoms with Crippen LogP contribution in [-0.2, 0) is 0 Å². The molecule has 116 valence electrons. The number of unbranched alkanes of at least 4 members (excludes halogenated alkanes) is 3. The second kappa shape index (κ2) is 6.65. The molecule has 0 saturated heterocycles. The van der Waals surface area contributed by atoms with Crippen molar-refractivity contribution < 1.29 is 11.0 Å². The number of carbonyl (C=O) groups excluding carboxylic acids is 1. The maximum Gasteiger partial charge on any atom is 0.262 e. The molecule has 0 aliphatic carbocycles. The van der Waals surface area contributed by atoms with Crippen molar-refractivity contribution >= 4 is 11.6 Å². The van der Waals surface area contributed by atoms with E-state index in [9.17, 15) is 4.79 Å². The number of hydrogen-bond acceptors (Lipinski definition) is 2. The number of fused-ring (bicyclic) bond motifs is 2. The number of hydrogen-bond donors (Lipinski definition) is 0. The SMILES string of the molecule is CCCCCCN1C(=O)c2ccccc2Oc2ccccc21.[HH]. The average Bonchev–Trinajstić information content (AvgIpc) is 2.67. The average molecular weight is 297 g/mol. The van der Waals surface area contributed by atoms with Crippen molar-refractivity contribution in [2.45, 2.75) is 32.6 Å². The molecule has 3 rings (SSSR count). The van der Waals surface area contributed by atoms with Gasteiger partial charge in [-0.05, 0) is 30.7 Å². The molecule has 0 fully saturated rings. The Bertz CT molecular complexity index is 672. The predicted octanol–water partition coefficient (Wildman–Crippen LogP) is 5.27. The number of anilines is 1. The first-order valence-electron chi connectivity index (χ1n) is 7.99. The molecule has 0 unspecified atom stereocenters. The Morgan fingerprint density at radius 2 is 1.68 bits per heavy atom. The lowest BCUT2D eigenvalue weighted by Gasteiger charge is -2.22. The van der Waals surface area contributed by atoms with E-state index in [0.717, 1.165) is 30.8 Å². The summed E-state index contributed by atoms with van der Waals surface area (Å²) in [5.41, 5.74) is 1.49. The number of nitrogens with zero attached hydrogens (tertiary/aromatic N) is 1. The zero-order valence-electron chi connectivity index (χ0n) is 12.9. The summed E-state index contributed by atoms with van der Waals surface area (Å²) in [5, 5.41) is 0. The van der Waals surface area contributed by atoms with Crippen LogP contribution in [0.4, 0.5) is 5.69 Å². The first-order valence-corrected chi connectivity index (χ1v) is 7.99. The number of ether oxygens (including phenoxy) is 1. The Labute approximate surface area is 133 Å². The first kappa shape index (κ1) is 14.6. The Kier molecular flexibility index (Phi) is 4.42. The third kappa shape index (κ3) is 2.84. The third-order valence-corrected chi connectivity index (χ3v) is 3.97.